The maximum absolute atomic E-state index is 12.9. The minimum absolute atomic E-state index is 0.148. The fourth-order valence-electron chi connectivity index (χ4n) is 3.37. The van der Waals surface area contributed by atoms with Gasteiger partial charge in [0.25, 0.3) is 0 Å². The molecule has 0 aliphatic heterocycles. The number of pyridine rings is 1. The number of fused-ring (bicyclic) bond motifs is 3. The number of amides is 1. The summed E-state index contributed by atoms with van der Waals surface area (Å²) in [6, 6.07) is 16.9. The second-order valence-electron chi connectivity index (χ2n) is 6.77. The van der Waals surface area contributed by atoms with E-state index in [0.717, 1.165) is 22.1 Å². The highest BCUT2D eigenvalue weighted by Gasteiger charge is 2.20. The number of para-hydroxylation sites is 2. The summed E-state index contributed by atoms with van der Waals surface area (Å²) in [5.74, 6) is -0.498. The zero-order chi connectivity index (χ0) is 21.3. The summed E-state index contributed by atoms with van der Waals surface area (Å²) in [5.41, 5.74) is 3.71. The van der Waals surface area contributed by atoms with Gasteiger partial charge < -0.3 is 9.64 Å². The van der Waals surface area contributed by atoms with Gasteiger partial charge in [-0.2, -0.15) is 0 Å². The summed E-state index contributed by atoms with van der Waals surface area (Å²) in [7, 11) is 2.96. The van der Waals surface area contributed by atoms with Gasteiger partial charge in [0, 0.05) is 12.4 Å². The van der Waals surface area contributed by atoms with Gasteiger partial charge in [-0.3, -0.25) is 9.20 Å². The Morgan fingerprint density at radius 1 is 1.10 bits per heavy atom. The van der Waals surface area contributed by atoms with Crippen LogP contribution in [0.4, 0.5) is 5.69 Å². The monoisotopic (exact) mass is 420 g/mol. The second-order valence-corrected chi connectivity index (χ2v) is 7.71. The number of rotatable bonds is 5. The fraction of sp³-hybridized carbons (Fsp3) is 0.182. The van der Waals surface area contributed by atoms with Crippen LogP contribution in [0.5, 0.6) is 0 Å². The molecule has 2 aromatic heterocycles. The molecule has 0 aliphatic carbocycles. The summed E-state index contributed by atoms with van der Waals surface area (Å²) >= 11 is 1.31. The number of nitrogens with zero attached hydrogens (tertiary/aromatic N) is 4. The Balaban J connectivity index is 1.60. The average Bonchev–Trinajstić information content (AvgIpc) is 3.19. The molecule has 8 heteroatoms. The first kappa shape index (κ1) is 19.9. The molecule has 2 heterocycles. The van der Waals surface area contributed by atoms with Crippen LogP contribution in [0.3, 0.4) is 0 Å². The predicted molar refractivity (Wildman–Crippen MR) is 117 cm³/mol. The molecule has 0 saturated carbocycles. The fourth-order valence-corrected chi connectivity index (χ4v) is 4.24. The Labute approximate surface area is 177 Å². The Kier molecular flexibility index (Phi) is 5.41. The minimum Gasteiger partial charge on any atom is -0.465 e. The molecule has 0 unspecified atom stereocenters. The van der Waals surface area contributed by atoms with Crippen LogP contribution in [-0.4, -0.2) is 46.4 Å². The molecular weight excluding hydrogens is 400 g/mol. The number of esters is 1. The van der Waals surface area contributed by atoms with Crippen molar-refractivity contribution in [1.82, 2.24) is 14.6 Å². The first-order chi connectivity index (χ1) is 14.5. The lowest BCUT2D eigenvalue weighted by Gasteiger charge is -2.19. The highest BCUT2D eigenvalue weighted by atomic mass is 32.2. The van der Waals surface area contributed by atoms with Crippen LogP contribution < -0.4 is 4.90 Å². The molecule has 2 aromatic carbocycles. The Hall–Kier alpha value is -3.39. The van der Waals surface area contributed by atoms with E-state index in [4.69, 9.17) is 4.74 Å². The molecule has 1 amide bonds. The van der Waals surface area contributed by atoms with Crippen LogP contribution in [-0.2, 0) is 9.53 Å². The van der Waals surface area contributed by atoms with Crippen molar-refractivity contribution in [2.45, 2.75) is 12.1 Å². The third-order valence-corrected chi connectivity index (χ3v) is 5.86. The van der Waals surface area contributed by atoms with Crippen molar-refractivity contribution in [1.29, 1.82) is 0 Å². The van der Waals surface area contributed by atoms with Gasteiger partial charge in [-0.25, -0.2) is 4.79 Å². The van der Waals surface area contributed by atoms with Gasteiger partial charge in [0.2, 0.25) is 5.91 Å². The Morgan fingerprint density at radius 2 is 1.83 bits per heavy atom. The van der Waals surface area contributed by atoms with Crippen molar-refractivity contribution in [2.75, 3.05) is 24.8 Å². The summed E-state index contributed by atoms with van der Waals surface area (Å²) in [6.45, 7) is 2.04. The lowest BCUT2D eigenvalue weighted by molar-refractivity contribution is -0.115. The number of ether oxygens (including phenoxy) is 1. The van der Waals surface area contributed by atoms with E-state index < -0.39 is 5.97 Å². The number of anilines is 1. The van der Waals surface area contributed by atoms with E-state index in [1.54, 1.807) is 31.3 Å². The normalized spacial score (nSPS) is 11.0. The van der Waals surface area contributed by atoms with E-state index in [1.165, 1.54) is 23.8 Å². The van der Waals surface area contributed by atoms with E-state index in [0.29, 0.717) is 16.4 Å². The summed E-state index contributed by atoms with van der Waals surface area (Å²) in [6.07, 6.45) is 0. The molecular formula is C22H20N4O3S. The van der Waals surface area contributed by atoms with Crippen molar-refractivity contribution in [3.63, 3.8) is 0 Å². The smallest absolute Gasteiger partial charge is 0.339 e. The first-order valence-electron chi connectivity index (χ1n) is 9.31. The van der Waals surface area contributed by atoms with E-state index >= 15 is 0 Å². The van der Waals surface area contributed by atoms with E-state index in [-0.39, 0.29) is 11.7 Å². The van der Waals surface area contributed by atoms with Crippen LogP contribution >= 0.6 is 11.8 Å². The molecule has 0 radical (unpaired) electrons. The van der Waals surface area contributed by atoms with Gasteiger partial charge in [-0.15, -0.1) is 10.2 Å². The molecule has 0 fully saturated rings. The lowest BCUT2D eigenvalue weighted by Crippen LogP contribution is -2.29. The van der Waals surface area contributed by atoms with Crippen molar-refractivity contribution in [3.8, 4) is 0 Å². The molecule has 0 N–H and O–H groups in total. The summed E-state index contributed by atoms with van der Waals surface area (Å²) < 4.78 is 6.78. The van der Waals surface area contributed by atoms with Crippen LogP contribution in [0.1, 0.15) is 15.9 Å². The largest absolute Gasteiger partial charge is 0.465 e. The number of thioether (sulfide) groups is 1. The van der Waals surface area contributed by atoms with Crippen LogP contribution in [0.15, 0.2) is 59.8 Å². The third-order valence-electron chi connectivity index (χ3n) is 4.94. The molecule has 7 nitrogen and oxygen atoms in total. The van der Waals surface area contributed by atoms with Gasteiger partial charge in [-0.1, -0.05) is 42.1 Å². The van der Waals surface area contributed by atoms with Gasteiger partial charge >= 0.3 is 5.97 Å². The molecule has 4 aromatic rings. The highest BCUT2D eigenvalue weighted by molar-refractivity contribution is 7.99. The number of aryl methyl sites for hydroxylation is 1. The molecule has 0 atom stereocenters. The molecule has 0 bridgehead atoms. The topological polar surface area (TPSA) is 76.8 Å². The maximum atomic E-state index is 12.9. The lowest BCUT2D eigenvalue weighted by atomic mass is 10.1. The maximum Gasteiger partial charge on any atom is 0.339 e. The van der Waals surface area contributed by atoms with Gasteiger partial charge in [0.1, 0.15) is 0 Å². The van der Waals surface area contributed by atoms with Gasteiger partial charge in [0.15, 0.2) is 10.8 Å². The minimum atomic E-state index is -0.483. The Bertz CT molecular complexity index is 1270. The van der Waals surface area contributed by atoms with Crippen molar-refractivity contribution < 1.29 is 14.3 Å². The molecule has 152 valence electrons. The molecule has 0 aliphatic rings. The SMILES string of the molecule is COC(=O)c1ccccc1N(C)C(=O)CSc1nnc2cc(C)c3ccccc3n12. The van der Waals surface area contributed by atoms with Crippen molar-refractivity contribution >= 4 is 45.9 Å². The number of benzene rings is 2. The average molecular weight is 420 g/mol. The number of hydrogen-bond acceptors (Lipinski definition) is 6. The first-order valence-corrected chi connectivity index (χ1v) is 10.3. The van der Waals surface area contributed by atoms with Crippen LogP contribution in [0.25, 0.3) is 16.6 Å². The van der Waals surface area contributed by atoms with Crippen molar-refractivity contribution in [2.24, 2.45) is 0 Å². The number of aromatic nitrogens is 3. The van der Waals surface area contributed by atoms with E-state index in [2.05, 4.69) is 16.3 Å². The van der Waals surface area contributed by atoms with Gasteiger partial charge in [-0.05, 0) is 36.8 Å². The number of carbonyl (C=O) groups is 2. The quantitative estimate of drug-likeness (QED) is 0.362. The zero-order valence-electron chi connectivity index (χ0n) is 16.8. The zero-order valence-corrected chi connectivity index (χ0v) is 17.6. The van der Waals surface area contributed by atoms with Crippen LogP contribution in [0, 0.1) is 6.92 Å². The standard InChI is InChI=1S/C22H20N4O3S/c1-14-12-19-23-24-22(26(19)18-11-7-4-8-15(14)18)30-13-20(27)25(2)17-10-6-5-9-16(17)21(28)29-3/h4-12H,13H2,1-3H3. The highest BCUT2D eigenvalue weighted by Crippen LogP contribution is 2.27. The van der Waals surface area contributed by atoms with Crippen molar-refractivity contribution in [3.05, 3.63) is 65.7 Å². The molecule has 0 spiro atoms. The summed E-state index contributed by atoms with van der Waals surface area (Å²) in [4.78, 5) is 26.3. The number of carbonyl (C=O) groups excluding carboxylic acids is 2. The number of hydrogen-bond donors (Lipinski definition) is 0. The Morgan fingerprint density at radius 3 is 2.63 bits per heavy atom. The molecule has 4 rings (SSSR count). The molecule has 30 heavy (non-hydrogen) atoms. The predicted octanol–water partition coefficient (Wildman–Crippen LogP) is 3.73. The molecule has 0 saturated heterocycles. The number of methoxy groups -OCH3 is 1. The van der Waals surface area contributed by atoms with Gasteiger partial charge in [0.05, 0.1) is 29.6 Å². The van der Waals surface area contributed by atoms with E-state index in [1.807, 2.05) is 35.6 Å². The van der Waals surface area contributed by atoms with Crippen LogP contribution in [0.2, 0.25) is 0 Å². The summed E-state index contributed by atoms with van der Waals surface area (Å²) in [5, 5.41) is 10.3. The van der Waals surface area contributed by atoms with E-state index in [9.17, 15) is 9.59 Å². The third kappa shape index (κ3) is 3.50. The second kappa shape index (κ2) is 8.16.